The van der Waals surface area contributed by atoms with E-state index in [1.165, 1.54) is 12.1 Å². The van der Waals surface area contributed by atoms with Gasteiger partial charge in [-0.2, -0.15) is 0 Å². The Hall–Kier alpha value is -1.06. The normalized spacial score (nSPS) is 16.7. The van der Waals surface area contributed by atoms with E-state index in [1.54, 1.807) is 6.07 Å². The number of likely N-dealkylation sites (N-methyl/N-ethyl adjacent to an activating group) is 1. The van der Waals surface area contributed by atoms with Gasteiger partial charge in [-0.15, -0.1) is 0 Å². The van der Waals surface area contributed by atoms with E-state index in [1.807, 2.05) is 0 Å². The minimum atomic E-state index is -0.304. The quantitative estimate of drug-likeness (QED) is 0.890. The van der Waals surface area contributed by atoms with Gasteiger partial charge < -0.3 is 10.1 Å². The summed E-state index contributed by atoms with van der Waals surface area (Å²) in [5.41, 5.74) is 0.934. The number of nitrogens with one attached hydrogen (secondary N) is 1. The summed E-state index contributed by atoms with van der Waals surface area (Å²) in [5, 5.41) is 3.87. The van der Waals surface area contributed by atoms with Gasteiger partial charge in [-0.05, 0) is 49.6 Å². The fraction of sp³-hybridized carbons (Fsp3) is 0.467. The highest BCUT2D eigenvalue weighted by atomic mass is 35.5. The molecule has 1 heterocycles. The summed E-state index contributed by atoms with van der Waals surface area (Å²) >= 11 is 6.08. The maximum Gasteiger partial charge on any atom is 0.124 e. The van der Waals surface area contributed by atoms with Crippen molar-refractivity contribution < 1.29 is 9.13 Å². The molecule has 0 saturated heterocycles. The van der Waals surface area contributed by atoms with Crippen molar-refractivity contribution in [2.24, 2.45) is 0 Å². The number of halogens is 2. The van der Waals surface area contributed by atoms with Gasteiger partial charge >= 0.3 is 0 Å². The first-order chi connectivity index (χ1) is 9.20. The van der Waals surface area contributed by atoms with Crippen LogP contribution in [0.25, 0.3) is 0 Å². The van der Waals surface area contributed by atoms with E-state index >= 15 is 0 Å². The van der Waals surface area contributed by atoms with E-state index in [-0.39, 0.29) is 11.9 Å². The summed E-state index contributed by atoms with van der Waals surface area (Å²) in [4.78, 5) is 0. The SMILES string of the molecule is CCNC(Cc1ccc(F)cc1Cl)C1=CCCCO1. The monoisotopic (exact) mass is 283 g/mol. The van der Waals surface area contributed by atoms with Gasteiger partial charge in [0.05, 0.1) is 12.6 Å². The highest BCUT2D eigenvalue weighted by molar-refractivity contribution is 6.31. The molecular formula is C15H19ClFNO. The number of rotatable bonds is 5. The van der Waals surface area contributed by atoms with E-state index in [4.69, 9.17) is 16.3 Å². The average molecular weight is 284 g/mol. The Balaban J connectivity index is 2.13. The zero-order chi connectivity index (χ0) is 13.7. The van der Waals surface area contributed by atoms with Crippen molar-refractivity contribution in [2.75, 3.05) is 13.2 Å². The molecule has 0 amide bonds. The first-order valence-electron chi connectivity index (χ1n) is 6.71. The molecule has 1 atom stereocenters. The highest BCUT2D eigenvalue weighted by Crippen LogP contribution is 2.22. The maximum atomic E-state index is 13.1. The molecule has 1 aliphatic rings. The van der Waals surface area contributed by atoms with Crippen LogP contribution in [0.1, 0.15) is 25.3 Å². The van der Waals surface area contributed by atoms with Crippen LogP contribution in [0.2, 0.25) is 5.02 Å². The topological polar surface area (TPSA) is 21.3 Å². The molecule has 0 aromatic heterocycles. The third kappa shape index (κ3) is 3.95. The number of allylic oxidation sites excluding steroid dienone is 1. The summed E-state index contributed by atoms with van der Waals surface area (Å²) in [7, 11) is 0. The van der Waals surface area contributed by atoms with Crippen LogP contribution >= 0.6 is 11.6 Å². The Kier molecular flexibility index (Phi) is 5.23. The Labute approximate surface area is 118 Å². The van der Waals surface area contributed by atoms with Crippen molar-refractivity contribution in [1.82, 2.24) is 5.32 Å². The van der Waals surface area contributed by atoms with Crippen molar-refractivity contribution in [1.29, 1.82) is 0 Å². The Morgan fingerprint density at radius 2 is 2.32 bits per heavy atom. The molecule has 1 aromatic rings. The number of hydrogen-bond donors (Lipinski definition) is 1. The van der Waals surface area contributed by atoms with Crippen molar-refractivity contribution in [3.63, 3.8) is 0 Å². The van der Waals surface area contributed by atoms with Crippen LogP contribution in [-0.2, 0) is 11.2 Å². The van der Waals surface area contributed by atoms with E-state index in [0.717, 1.165) is 37.3 Å². The van der Waals surface area contributed by atoms with Gasteiger partial charge in [0.15, 0.2) is 0 Å². The van der Waals surface area contributed by atoms with Crippen LogP contribution in [0.5, 0.6) is 0 Å². The second kappa shape index (κ2) is 6.92. The lowest BCUT2D eigenvalue weighted by Crippen LogP contribution is -2.34. The molecule has 1 aliphatic heterocycles. The second-order valence-electron chi connectivity index (χ2n) is 4.65. The number of hydrogen-bond acceptors (Lipinski definition) is 2. The third-order valence-corrected chi connectivity index (χ3v) is 3.55. The van der Waals surface area contributed by atoms with Gasteiger partial charge in [0.2, 0.25) is 0 Å². The van der Waals surface area contributed by atoms with Crippen LogP contribution in [0.15, 0.2) is 30.0 Å². The minimum absolute atomic E-state index is 0.105. The Morgan fingerprint density at radius 3 is 2.95 bits per heavy atom. The molecule has 4 heteroatoms. The van der Waals surface area contributed by atoms with Gasteiger partial charge in [-0.25, -0.2) is 4.39 Å². The average Bonchev–Trinajstić information content (AvgIpc) is 2.42. The highest BCUT2D eigenvalue weighted by Gasteiger charge is 2.18. The molecule has 104 valence electrons. The van der Waals surface area contributed by atoms with E-state index in [2.05, 4.69) is 18.3 Å². The molecule has 2 rings (SSSR count). The molecule has 0 spiro atoms. The van der Waals surface area contributed by atoms with Crippen molar-refractivity contribution in [3.8, 4) is 0 Å². The van der Waals surface area contributed by atoms with E-state index in [0.29, 0.717) is 11.4 Å². The van der Waals surface area contributed by atoms with Gasteiger partial charge in [-0.3, -0.25) is 0 Å². The minimum Gasteiger partial charge on any atom is -0.497 e. The third-order valence-electron chi connectivity index (χ3n) is 3.20. The van der Waals surface area contributed by atoms with Gasteiger partial charge in [0.1, 0.15) is 11.6 Å². The van der Waals surface area contributed by atoms with Crippen LogP contribution in [0, 0.1) is 5.82 Å². The molecule has 0 aliphatic carbocycles. The zero-order valence-corrected chi connectivity index (χ0v) is 11.8. The summed E-state index contributed by atoms with van der Waals surface area (Å²) in [6.07, 6.45) is 4.96. The van der Waals surface area contributed by atoms with Gasteiger partial charge in [-0.1, -0.05) is 24.6 Å². The van der Waals surface area contributed by atoms with Crippen molar-refractivity contribution >= 4 is 11.6 Å². The Bertz CT molecular complexity index is 461. The largest absolute Gasteiger partial charge is 0.497 e. The number of ether oxygens (including phenoxy) is 1. The van der Waals surface area contributed by atoms with Crippen LogP contribution in [-0.4, -0.2) is 19.2 Å². The molecule has 1 aromatic carbocycles. The summed E-state index contributed by atoms with van der Waals surface area (Å²) < 4.78 is 18.8. The first-order valence-corrected chi connectivity index (χ1v) is 7.08. The lowest BCUT2D eigenvalue weighted by Gasteiger charge is -2.25. The standard InChI is InChI=1S/C15H19ClFNO/c1-2-18-14(15-5-3-4-8-19-15)9-11-6-7-12(17)10-13(11)16/h5-7,10,14,18H,2-4,8-9H2,1H3. The summed E-state index contributed by atoms with van der Waals surface area (Å²) in [5.74, 6) is 0.676. The predicted octanol–water partition coefficient (Wildman–Crippen LogP) is 3.69. The summed E-state index contributed by atoms with van der Waals surface area (Å²) in [6, 6.07) is 4.65. The fourth-order valence-electron chi connectivity index (χ4n) is 2.25. The molecular weight excluding hydrogens is 265 g/mol. The number of benzene rings is 1. The van der Waals surface area contributed by atoms with Crippen LogP contribution < -0.4 is 5.32 Å². The van der Waals surface area contributed by atoms with E-state index < -0.39 is 0 Å². The molecule has 0 radical (unpaired) electrons. The van der Waals surface area contributed by atoms with Gasteiger partial charge in [0, 0.05) is 5.02 Å². The lowest BCUT2D eigenvalue weighted by molar-refractivity contribution is 0.167. The second-order valence-corrected chi connectivity index (χ2v) is 5.05. The zero-order valence-electron chi connectivity index (χ0n) is 11.1. The summed E-state index contributed by atoms with van der Waals surface area (Å²) in [6.45, 7) is 3.68. The maximum absolute atomic E-state index is 13.1. The smallest absolute Gasteiger partial charge is 0.124 e. The predicted molar refractivity (Wildman–Crippen MR) is 75.8 cm³/mol. The lowest BCUT2D eigenvalue weighted by atomic mass is 10.0. The molecule has 19 heavy (non-hydrogen) atoms. The molecule has 0 fully saturated rings. The van der Waals surface area contributed by atoms with E-state index in [9.17, 15) is 4.39 Å². The van der Waals surface area contributed by atoms with Crippen molar-refractivity contribution in [2.45, 2.75) is 32.2 Å². The molecule has 0 saturated carbocycles. The molecule has 1 unspecified atom stereocenters. The first kappa shape index (κ1) is 14.4. The fourth-order valence-corrected chi connectivity index (χ4v) is 2.49. The Morgan fingerprint density at radius 1 is 1.47 bits per heavy atom. The van der Waals surface area contributed by atoms with Crippen molar-refractivity contribution in [3.05, 3.63) is 46.4 Å². The van der Waals surface area contributed by atoms with Crippen LogP contribution in [0.4, 0.5) is 4.39 Å². The molecule has 1 N–H and O–H groups in total. The van der Waals surface area contributed by atoms with Gasteiger partial charge in [0.25, 0.3) is 0 Å². The van der Waals surface area contributed by atoms with Crippen LogP contribution in [0.3, 0.4) is 0 Å². The molecule has 2 nitrogen and oxygen atoms in total. The molecule has 0 bridgehead atoms.